The maximum atomic E-state index is 4.53. The molecule has 1 saturated carbocycles. The van der Waals surface area contributed by atoms with E-state index in [1.165, 1.54) is 32.1 Å². The highest BCUT2D eigenvalue weighted by molar-refractivity contribution is 5.36. The zero-order valence-electron chi connectivity index (χ0n) is 10.5. The highest BCUT2D eigenvalue weighted by Gasteiger charge is 2.40. The van der Waals surface area contributed by atoms with Crippen LogP contribution in [0.5, 0.6) is 0 Å². The highest BCUT2D eigenvalue weighted by atomic mass is 15.1. The first kappa shape index (κ1) is 11.0. The highest BCUT2D eigenvalue weighted by Crippen LogP contribution is 2.38. The molecule has 0 bridgehead atoms. The third-order valence-electron chi connectivity index (χ3n) is 4.18. The van der Waals surface area contributed by atoms with Gasteiger partial charge in [-0.3, -0.25) is 0 Å². The molecule has 3 nitrogen and oxygen atoms in total. The molecule has 0 radical (unpaired) electrons. The van der Waals surface area contributed by atoms with E-state index in [0.29, 0.717) is 11.6 Å². The molecule has 92 valence electrons. The van der Waals surface area contributed by atoms with Gasteiger partial charge >= 0.3 is 0 Å². The average molecular weight is 231 g/mol. The van der Waals surface area contributed by atoms with Crippen LogP contribution in [0.3, 0.4) is 0 Å². The standard InChI is InChI=1S/C14H21N3/c1-11-4-2-5-13(16-11)17-12-6-9-15-14(10-12)7-3-8-14/h2,4-5,12,15H,3,6-10H2,1H3,(H,16,17). The molecule has 17 heavy (non-hydrogen) atoms. The van der Waals surface area contributed by atoms with E-state index in [2.05, 4.69) is 27.8 Å². The molecule has 2 fully saturated rings. The number of aryl methyl sites for hydroxylation is 1. The molecular weight excluding hydrogens is 210 g/mol. The van der Waals surface area contributed by atoms with Crippen LogP contribution in [0.15, 0.2) is 18.2 Å². The fraction of sp³-hybridized carbons (Fsp3) is 0.643. The summed E-state index contributed by atoms with van der Waals surface area (Å²) in [4.78, 5) is 4.53. The van der Waals surface area contributed by atoms with Gasteiger partial charge in [-0.25, -0.2) is 4.98 Å². The van der Waals surface area contributed by atoms with E-state index >= 15 is 0 Å². The molecule has 2 heterocycles. The van der Waals surface area contributed by atoms with Crippen molar-refractivity contribution in [1.29, 1.82) is 0 Å². The van der Waals surface area contributed by atoms with Crippen LogP contribution in [0, 0.1) is 6.92 Å². The number of hydrogen-bond donors (Lipinski definition) is 2. The van der Waals surface area contributed by atoms with Crippen molar-refractivity contribution in [2.24, 2.45) is 0 Å². The second kappa shape index (κ2) is 4.30. The van der Waals surface area contributed by atoms with Gasteiger partial charge in [0.2, 0.25) is 0 Å². The molecule has 3 heteroatoms. The maximum Gasteiger partial charge on any atom is 0.126 e. The average Bonchev–Trinajstić information content (AvgIpc) is 2.27. The van der Waals surface area contributed by atoms with Gasteiger partial charge in [-0.15, -0.1) is 0 Å². The van der Waals surface area contributed by atoms with Crippen LogP contribution >= 0.6 is 0 Å². The van der Waals surface area contributed by atoms with Crippen molar-refractivity contribution in [1.82, 2.24) is 10.3 Å². The van der Waals surface area contributed by atoms with Crippen molar-refractivity contribution in [3.8, 4) is 0 Å². The first-order chi connectivity index (χ1) is 8.26. The molecular formula is C14H21N3. The van der Waals surface area contributed by atoms with Gasteiger partial charge in [0, 0.05) is 17.3 Å². The zero-order valence-corrected chi connectivity index (χ0v) is 10.5. The Kier molecular flexibility index (Phi) is 2.79. The fourth-order valence-corrected chi connectivity index (χ4v) is 3.10. The van der Waals surface area contributed by atoms with Crippen LogP contribution in [0.2, 0.25) is 0 Å². The van der Waals surface area contributed by atoms with Crippen molar-refractivity contribution in [2.45, 2.75) is 50.6 Å². The Morgan fingerprint density at radius 2 is 2.29 bits per heavy atom. The lowest BCUT2D eigenvalue weighted by molar-refractivity contribution is 0.135. The largest absolute Gasteiger partial charge is 0.367 e. The number of hydrogen-bond acceptors (Lipinski definition) is 3. The van der Waals surface area contributed by atoms with Crippen molar-refractivity contribution in [2.75, 3.05) is 11.9 Å². The molecule has 0 aromatic carbocycles. The van der Waals surface area contributed by atoms with Crippen molar-refractivity contribution in [3.63, 3.8) is 0 Å². The Balaban J connectivity index is 1.65. The summed E-state index contributed by atoms with van der Waals surface area (Å²) in [5.74, 6) is 1.03. The Hall–Kier alpha value is -1.09. The second-order valence-corrected chi connectivity index (χ2v) is 5.56. The lowest BCUT2D eigenvalue weighted by Crippen LogP contribution is -2.58. The van der Waals surface area contributed by atoms with E-state index in [0.717, 1.165) is 18.1 Å². The summed E-state index contributed by atoms with van der Waals surface area (Å²) in [7, 11) is 0. The SMILES string of the molecule is Cc1cccc(NC2CCNC3(CCC3)C2)n1. The van der Waals surface area contributed by atoms with E-state index in [-0.39, 0.29) is 0 Å². The van der Waals surface area contributed by atoms with Crippen molar-refractivity contribution >= 4 is 5.82 Å². The van der Waals surface area contributed by atoms with Crippen LogP contribution < -0.4 is 10.6 Å². The van der Waals surface area contributed by atoms with E-state index in [9.17, 15) is 0 Å². The fourth-order valence-electron chi connectivity index (χ4n) is 3.10. The third-order valence-corrected chi connectivity index (χ3v) is 4.18. The minimum Gasteiger partial charge on any atom is -0.367 e. The van der Waals surface area contributed by atoms with Crippen LogP contribution in [0.4, 0.5) is 5.82 Å². The number of piperidine rings is 1. The first-order valence-electron chi connectivity index (χ1n) is 6.71. The molecule has 0 amide bonds. The van der Waals surface area contributed by atoms with Gasteiger partial charge < -0.3 is 10.6 Å². The van der Waals surface area contributed by atoms with E-state index < -0.39 is 0 Å². The van der Waals surface area contributed by atoms with Gasteiger partial charge in [-0.2, -0.15) is 0 Å². The number of nitrogens with one attached hydrogen (secondary N) is 2. The Morgan fingerprint density at radius 3 is 3.00 bits per heavy atom. The summed E-state index contributed by atoms with van der Waals surface area (Å²) < 4.78 is 0. The van der Waals surface area contributed by atoms with Gasteiger partial charge in [0.1, 0.15) is 5.82 Å². The van der Waals surface area contributed by atoms with E-state index in [1.807, 2.05) is 13.0 Å². The van der Waals surface area contributed by atoms with Crippen LogP contribution in [-0.2, 0) is 0 Å². The maximum absolute atomic E-state index is 4.53. The summed E-state index contributed by atoms with van der Waals surface area (Å²) >= 11 is 0. The van der Waals surface area contributed by atoms with Crippen LogP contribution in [0.25, 0.3) is 0 Å². The van der Waals surface area contributed by atoms with Gasteiger partial charge in [-0.1, -0.05) is 6.07 Å². The Labute approximate surface area is 103 Å². The molecule has 1 aromatic rings. The molecule has 1 unspecified atom stereocenters. The monoisotopic (exact) mass is 231 g/mol. The minimum atomic E-state index is 0.458. The molecule has 1 aromatic heterocycles. The quantitative estimate of drug-likeness (QED) is 0.821. The molecule has 1 spiro atoms. The van der Waals surface area contributed by atoms with Gasteiger partial charge in [-0.05, 0) is 57.7 Å². The Bertz CT molecular complexity index is 398. The molecule has 1 aliphatic heterocycles. The van der Waals surface area contributed by atoms with E-state index in [4.69, 9.17) is 0 Å². The first-order valence-corrected chi connectivity index (χ1v) is 6.71. The topological polar surface area (TPSA) is 37.0 Å². The molecule has 2 N–H and O–H groups in total. The lowest BCUT2D eigenvalue weighted by Gasteiger charge is -2.48. The molecule has 3 rings (SSSR count). The second-order valence-electron chi connectivity index (χ2n) is 5.56. The van der Waals surface area contributed by atoms with E-state index in [1.54, 1.807) is 0 Å². The lowest BCUT2D eigenvalue weighted by atomic mass is 9.70. The van der Waals surface area contributed by atoms with Crippen molar-refractivity contribution < 1.29 is 0 Å². The molecule has 1 atom stereocenters. The van der Waals surface area contributed by atoms with Crippen LogP contribution in [0.1, 0.15) is 37.8 Å². The third kappa shape index (κ3) is 2.29. The molecule has 1 aliphatic carbocycles. The van der Waals surface area contributed by atoms with Crippen LogP contribution in [-0.4, -0.2) is 23.1 Å². The summed E-state index contributed by atoms with van der Waals surface area (Å²) in [6.07, 6.45) is 6.56. The normalized spacial score (nSPS) is 26.5. The van der Waals surface area contributed by atoms with Gasteiger partial charge in [0.15, 0.2) is 0 Å². The predicted octanol–water partition coefficient (Wildman–Crippen LogP) is 2.48. The van der Waals surface area contributed by atoms with Gasteiger partial charge in [0.05, 0.1) is 0 Å². The minimum absolute atomic E-state index is 0.458. The number of pyridine rings is 1. The number of anilines is 1. The Morgan fingerprint density at radius 1 is 1.41 bits per heavy atom. The predicted molar refractivity (Wildman–Crippen MR) is 70.2 cm³/mol. The molecule has 1 saturated heterocycles. The summed E-state index contributed by atoms with van der Waals surface area (Å²) in [6, 6.07) is 6.78. The van der Waals surface area contributed by atoms with Crippen molar-refractivity contribution in [3.05, 3.63) is 23.9 Å². The number of rotatable bonds is 2. The number of nitrogens with zero attached hydrogens (tertiary/aromatic N) is 1. The summed E-state index contributed by atoms with van der Waals surface area (Å²) in [5, 5.41) is 7.29. The smallest absolute Gasteiger partial charge is 0.126 e. The number of aromatic nitrogens is 1. The van der Waals surface area contributed by atoms with Gasteiger partial charge in [0.25, 0.3) is 0 Å². The zero-order chi connectivity index (χ0) is 11.7. The summed E-state index contributed by atoms with van der Waals surface area (Å²) in [5.41, 5.74) is 1.54. The summed E-state index contributed by atoms with van der Waals surface area (Å²) in [6.45, 7) is 3.19. The molecule has 2 aliphatic rings.